The van der Waals surface area contributed by atoms with Gasteiger partial charge in [0.05, 0.1) is 6.04 Å². The Morgan fingerprint density at radius 1 is 1.00 bits per heavy atom. The molecule has 0 saturated carbocycles. The van der Waals surface area contributed by atoms with Gasteiger partial charge in [0, 0.05) is 23.9 Å². The van der Waals surface area contributed by atoms with Crippen LogP contribution in [0.15, 0.2) is 36.1 Å². The van der Waals surface area contributed by atoms with Crippen LogP contribution in [0.4, 0.5) is 13.2 Å². The summed E-state index contributed by atoms with van der Waals surface area (Å²) in [6.45, 7) is 2.97. The average Bonchev–Trinajstić information content (AvgIpc) is 3.07. The number of hydrogen-bond donors (Lipinski definition) is 1. The molecule has 5 rings (SSSR count). The smallest absolute Gasteiger partial charge is 0.384 e. The molecule has 0 amide bonds. The number of halogens is 3. The van der Waals surface area contributed by atoms with Crippen LogP contribution in [0.3, 0.4) is 0 Å². The van der Waals surface area contributed by atoms with E-state index in [0.717, 1.165) is 51.6 Å². The summed E-state index contributed by atoms with van der Waals surface area (Å²) in [7, 11) is -5.84. The summed E-state index contributed by atoms with van der Waals surface area (Å²) in [5.41, 5.74) is -7.63. The van der Waals surface area contributed by atoms with Crippen LogP contribution in [-0.2, 0) is 14.3 Å². The standard InChI is InChI=1S/C26H37F3N2O4S/c27-26(28,29)36(33,34)35-22-18-25(32)13-8-4-1-2-5-9-14-30-16-12-21(22)24(19-30)17-20-11-7-3-6-10-15-31(20)23(24)25/h1,4,7,11,18,20-21,23,32H,2-3,5-6,8-10,12-17,19H2/b4-1+,11-7-/t20-,21-,23+,24-,25-/m0/s1. The molecule has 5 aliphatic rings. The fourth-order valence-electron chi connectivity index (χ4n) is 7.55. The van der Waals surface area contributed by atoms with E-state index in [1.165, 1.54) is 6.08 Å². The first kappa shape index (κ1) is 26.3. The minimum absolute atomic E-state index is 0.0553. The van der Waals surface area contributed by atoms with Gasteiger partial charge in [0.15, 0.2) is 0 Å². The lowest BCUT2D eigenvalue weighted by molar-refractivity contribution is -0.107. The largest absolute Gasteiger partial charge is 0.534 e. The Labute approximate surface area is 212 Å². The van der Waals surface area contributed by atoms with Crippen LogP contribution in [0.25, 0.3) is 0 Å². The first-order valence-electron chi connectivity index (χ1n) is 13.3. The van der Waals surface area contributed by atoms with E-state index >= 15 is 0 Å². The molecule has 10 heteroatoms. The van der Waals surface area contributed by atoms with Gasteiger partial charge in [0.25, 0.3) is 0 Å². The molecule has 0 radical (unpaired) electrons. The highest BCUT2D eigenvalue weighted by atomic mass is 32.2. The number of nitrogens with zero attached hydrogens (tertiary/aromatic N) is 2. The third kappa shape index (κ3) is 4.67. The lowest BCUT2D eigenvalue weighted by Crippen LogP contribution is -2.66. The fourth-order valence-corrected chi connectivity index (χ4v) is 8.06. The second-order valence-electron chi connectivity index (χ2n) is 11.2. The van der Waals surface area contributed by atoms with E-state index in [2.05, 4.69) is 28.0 Å². The zero-order valence-electron chi connectivity index (χ0n) is 20.6. The summed E-state index contributed by atoms with van der Waals surface area (Å²) >= 11 is 0. The van der Waals surface area contributed by atoms with Gasteiger partial charge in [-0.2, -0.15) is 21.6 Å². The topological polar surface area (TPSA) is 70.1 Å². The third-order valence-electron chi connectivity index (χ3n) is 8.90. The second-order valence-corrected chi connectivity index (χ2v) is 12.8. The summed E-state index contributed by atoms with van der Waals surface area (Å²) < 4.78 is 69.4. The number of alkyl halides is 3. The van der Waals surface area contributed by atoms with Gasteiger partial charge in [-0.1, -0.05) is 24.3 Å². The average molecular weight is 531 g/mol. The molecule has 1 spiro atoms. The van der Waals surface area contributed by atoms with Crippen molar-refractivity contribution in [1.82, 2.24) is 9.80 Å². The Morgan fingerprint density at radius 2 is 1.72 bits per heavy atom. The Kier molecular flexibility index (Phi) is 7.11. The van der Waals surface area contributed by atoms with Crippen LogP contribution in [0, 0.1) is 11.3 Å². The van der Waals surface area contributed by atoms with Crippen molar-refractivity contribution in [2.75, 3.05) is 26.2 Å². The van der Waals surface area contributed by atoms with Gasteiger partial charge in [0.1, 0.15) is 11.4 Å². The highest BCUT2D eigenvalue weighted by Crippen LogP contribution is 2.60. The quantitative estimate of drug-likeness (QED) is 0.322. The second kappa shape index (κ2) is 9.75. The van der Waals surface area contributed by atoms with Gasteiger partial charge < -0.3 is 14.2 Å². The Hall–Kier alpha value is -1.36. The Balaban J connectivity index is 1.65. The highest BCUT2D eigenvalue weighted by molar-refractivity contribution is 7.87. The van der Waals surface area contributed by atoms with Crippen molar-refractivity contribution in [3.63, 3.8) is 0 Å². The van der Waals surface area contributed by atoms with Gasteiger partial charge in [0.2, 0.25) is 0 Å². The van der Waals surface area contributed by atoms with Crippen LogP contribution in [0.2, 0.25) is 0 Å². The molecule has 2 fully saturated rings. The van der Waals surface area contributed by atoms with Crippen molar-refractivity contribution in [1.29, 1.82) is 0 Å². The van der Waals surface area contributed by atoms with E-state index in [1.54, 1.807) is 0 Å². The molecule has 6 atom stereocenters. The number of piperidine rings is 1. The van der Waals surface area contributed by atoms with E-state index in [0.29, 0.717) is 38.8 Å². The highest BCUT2D eigenvalue weighted by Gasteiger charge is 2.67. The van der Waals surface area contributed by atoms with E-state index in [4.69, 9.17) is 4.18 Å². The van der Waals surface area contributed by atoms with Crippen LogP contribution in [0.5, 0.6) is 0 Å². The molecule has 4 heterocycles. The van der Waals surface area contributed by atoms with Crippen molar-refractivity contribution in [2.24, 2.45) is 11.3 Å². The van der Waals surface area contributed by atoms with Gasteiger partial charge in [-0.3, -0.25) is 4.90 Å². The van der Waals surface area contributed by atoms with Crippen molar-refractivity contribution in [2.45, 2.75) is 87.4 Å². The molecular formula is C26H37F3N2O4S. The third-order valence-corrected chi connectivity index (χ3v) is 9.88. The number of hydrogen-bond acceptors (Lipinski definition) is 6. The molecule has 2 saturated heterocycles. The molecule has 6 nitrogen and oxygen atoms in total. The molecule has 0 aromatic heterocycles. The van der Waals surface area contributed by atoms with Crippen molar-refractivity contribution in [3.8, 4) is 0 Å². The van der Waals surface area contributed by atoms with Gasteiger partial charge in [-0.25, -0.2) is 0 Å². The zero-order valence-corrected chi connectivity index (χ0v) is 21.4. The number of rotatable bonds is 2. The maximum Gasteiger partial charge on any atom is 0.534 e. The summed E-state index contributed by atoms with van der Waals surface area (Å²) in [5.74, 6) is -0.720. The van der Waals surface area contributed by atoms with E-state index < -0.39 is 32.6 Å². The lowest BCUT2D eigenvalue weighted by atomic mass is 9.57. The maximum absolute atomic E-state index is 13.4. The first-order valence-corrected chi connectivity index (χ1v) is 14.7. The van der Waals surface area contributed by atoms with Crippen molar-refractivity contribution < 1.29 is 30.9 Å². The zero-order chi connectivity index (χ0) is 25.6. The minimum Gasteiger partial charge on any atom is -0.384 e. The predicted molar refractivity (Wildman–Crippen MR) is 130 cm³/mol. The van der Waals surface area contributed by atoms with Crippen LogP contribution in [-0.4, -0.2) is 72.7 Å². The summed E-state index contributed by atoms with van der Waals surface area (Å²) in [6, 6.07) is -0.264. The Morgan fingerprint density at radius 3 is 2.50 bits per heavy atom. The number of allylic oxidation sites excluding steroid dienone is 4. The number of aliphatic hydroxyl groups is 1. The van der Waals surface area contributed by atoms with E-state index in [-0.39, 0.29) is 17.8 Å². The molecule has 1 N–H and O–H groups in total. The molecule has 3 bridgehead atoms. The van der Waals surface area contributed by atoms with E-state index in [1.807, 2.05) is 6.08 Å². The van der Waals surface area contributed by atoms with Gasteiger partial charge in [-0.05, 0) is 89.9 Å². The molecular weight excluding hydrogens is 493 g/mol. The van der Waals surface area contributed by atoms with Crippen molar-refractivity contribution in [3.05, 3.63) is 36.1 Å². The van der Waals surface area contributed by atoms with Crippen molar-refractivity contribution >= 4 is 10.1 Å². The Bertz CT molecular complexity index is 1030. The first-order chi connectivity index (χ1) is 17.1. The lowest BCUT2D eigenvalue weighted by Gasteiger charge is -2.57. The SMILES string of the molecule is O=S(=O)(OC1=C[C@@]2(O)CC/C=C/CCCCN3CC[C@@H]1[C@]1(C[C@@H]4/C=C\CCCCN4[C@H]12)C3)C(F)(F)F. The molecule has 0 aromatic carbocycles. The summed E-state index contributed by atoms with van der Waals surface area (Å²) in [6.07, 6.45) is 17.9. The monoisotopic (exact) mass is 530 g/mol. The number of fused-ring (bicyclic) bond motifs is 2. The van der Waals surface area contributed by atoms with Crippen LogP contribution >= 0.6 is 0 Å². The summed E-state index contributed by atoms with van der Waals surface area (Å²) in [5, 5.41) is 12.3. The molecule has 4 aliphatic heterocycles. The maximum atomic E-state index is 13.4. The molecule has 1 unspecified atom stereocenters. The minimum atomic E-state index is -5.84. The fraction of sp³-hybridized carbons (Fsp3) is 0.769. The molecule has 0 aromatic rings. The van der Waals surface area contributed by atoms with Gasteiger partial charge in [-0.15, -0.1) is 0 Å². The van der Waals surface area contributed by atoms with Crippen LogP contribution < -0.4 is 0 Å². The van der Waals surface area contributed by atoms with Crippen LogP contribution in [0.1, 0.15) is 64.2 Å². The van der Waals surface area contributed by atoms with E-state index in [9.17, 15) is 26.7 Å². The molecule has 36 heavy (non-hydrogen) atoms. The molecule has 1 aliphatic carbocycles. The molecule has 202 valence electrons. The predicted octanol–water partition coefficient (Wildman–Crippen LogP) is 4.49. The normalized spacial score (nSPS) is 41.8. The van der Waals surface area contributed by atoms with Gasteiger partial charge >= 0.3 is 15.6 Å². The summed E-state index contributed by atoms with van der Waals surface area (Å²) in [4.78, 5) is 4.73.